The Morgan fingerprint density at radius 1 is 1.25 bits per heavy atom. The fraction of sp³-hybridized carbons (Fsp3) is 0.389. The van der Waals surface area contributed by atoms with Crippen LogP contribution >= 0.6 is 11.3 Å². The summed E-state index contributed by atoms with van der Waals surface area (Å²) < 4.78 is 4.87. The number of amides is 1. The van der Waals surface area contributed by atoms with Gasteiger partial charge in [-0.2, -0.15) is 0 Å². The molecule has 1 atom stereocenters. The minimum absolute atomic E-state index is 0.123. The first-order valence-electron chi connectivity index (χ1n) is 8.03. The smallest absolute Gasteiger partial charge is 0.328 e. The van der Waals surface area contributed by atoms with Crippen LogP contribution in [0.3, 0.4) is 0 Å². The second kappa shape index (κ2) is 7.13. The molecule has 0 N–H and O–H groups in total. The lowest BCUT2D eigenvalue weighted by atomic mass is 10.0. The standard InChI is InChI=1S/C18H20N2O3S/c1-12-15(24-16(19-12)13-8-4-3-5-9-13)17(21)20-11-7-6-10-14(20)18(22)23-2/h3-5,8-9,14H,6-7,10-11H2,1-2H3. The van der Waals surface area contributed by atoms with Crippen molar-refractivity contribution in [3.63, 3.8) is 0 Å². The van der Waals surface area contributed by atoms with Gasteiger partial charge in [-0.15, -0.1) is 11.3 Å². The molecule has 1 aromatic heterocycles. The van der Waals surface area contributed by atoms with Gasteiger partial charge in [0.2, 0.25) is 0 Å². The highest BCUT2D eigenvalue weighted by atomic mass is 32.1. The van der Waals surface area contributed by atoms with E-state index in [1.165, 1.54) is 18.4 Å². The predicted molar refractivity (Wildman–Crippen MR) is 93.0 cm³/mol. The summed E-state index contributed by atoms with van der Waals surface area (Å²) in [5, 5.41) is 0.822. The number of thiazole rings is 1. The average Bonchev–Trinajstić information content (AvgIpc) is 3.03. The van der Waals surface area contributed by atoms with E-state index < -0.39 is 6.04 Å². The zero-order valence-electron chi connectivity index (χ0n) is 13.8. The molecule has 24 heavy (non-hydrogen) atoms. The lowest BCUT2D eigenvalue weighted by Crippen LogP contribution is -2.48. The van der Waals surface area contributed by atoms with Crippen molar-refractivity contribution in [2.75, 3.05) is 13.7 Å². The minimum atomic E-state index is -0.488. The second-order valence-electron chi connectivity index (χ2n) is 5.83. The van der Waals surface area contributed by atoms with E-state index in [-0.39, 0.29) is 11.9 Å². The number of piperidine rings is 1. The van der Waals surface area contributed by atoms with Gasteiger partial charge in [0.1, 0.15) is 15.9 Å². The maximum absolute atomic E-state index is 13.0. The molecule has 6 heteroatoms. The normalized spacial score (nSPS) is 17.6. The van der Waals surface area contributed by atoms with E-state index in [4.69, 9.17) is 4.74 Å². The number of aryl methyl sites for hydroxylation is 1. The Morgan fingerprint density at radius 2 is 2.00 bits per heavy atom. The van der Waals surface area contributed by atoms with E-state index in [1.807, 2.05) is 37.3 Å². The fourth-order valence-electron chi connectivity index (χ4n) is 2.99. The van der Waals surface area contributed by atoms with Crippen molar-refractivity contribution in [1.82, 2.24) is 9.88 Å². The highest BCUT2D eigenvalue weighted by molar-refractivity contribution is 7.17. The summed E-state index contributed by atoms with van der Waals surface area (Å²) in [7, 11) is 1.37. The summed E-state index contributed by atoms with van der Waals surface area (Å²) in [6.07, 6.45) is 2.49. The van der Waals surface area contributed by atoms with Crippen LogP contribution in [-0.2, 0) is 9.53 Å². The molecule has 2 heterocycles. The zero-order chi connectivity index (χ0) is 17.1. The van der Waals surface area contributed by atoms with Crippen molar-refractivity contribution in [3.8, 4) is 10.6 Å². The number of esters is 1. The van der Waals surface area contributed by atoms with Crippen LogP contribution < -0.4 is 0 Å². The number of rotatable bonds is 3. The number of nitrogens with zero attached hydrogens (tertiary/aromatic N) is 2. The number of carbonyl (C=O) groups excluding carboxylic acids is 2. The van der Waals surface area contributed by atoms with Gasteiger partial charge in [0.05, 0.1) is 12.8 Å². The Morgan fingerprint density at radius 3 is 2.71 bits per heavy atom. The first kappa shape index (κ1) is 16.6. The average molecular weight is 344 g/mol. The Labute approximate surface area is 145 Å². The number of hydrogen-bond acceptors (Lipinski definition) is 5. The number of ether oxygens (including phenoxy) is 1. The Kier molecular flexibility index (Phi) is 4.94. The van der Waals surface area contributed by atoms with E-state index >= 15 is 0 Å². The van der Waals surface area contributed by atoms with E-state index in [9.17, 15) is 9.59 Å². The largest absolute Gasteiger partial charge is 0.467 e. The topological polar surface area (TPSA) is 59.5 Å². The van der Waals surface area contributed by atoms with Gasteiger partial charge in [0.15, 0.2) is 0 Å². The van der Waals surface area contributed by atoms with E-state index in [0.29, 0.717) is 23.5 Å². The predicted octanol–water partition coefficient (Wildman–Crippen LogP) is 3.29. The van der Waals surface area contributed by atoms with Crippen LogP contribution in [0.2, 0.25) is 0 Å². The van der Waals surface area contributed by atoms with Crippen LogP contribution in [0.15, 0.2) is 30.3 Å². The first-order chi connectivity index (χ1) is 11.6. The van der Waals surface area contributed by atoms with Gasteiger partial charge in [-0.05, 0) is 26.2 Å². The summed E-state index contributed by atoms with van der Waals surface area (Å²) >= 11 is 1.38. The van der Waals surface area contributed by atoms with E-state index in [2.05, 4.69) is 4.98 Å². The van der Waals surface area contributed by atoms with Gasteiger partial charge in [-0.1, -0.05) is 30.3 Å². The first-order valence-corrected chi connectivity index (χ1v) is 8.85. The molecule has 5 nitrogen and oxygen atoms in total. The van der Waals surface area contributed by atoms with Crippen LogP contribution in [-0.4, -0.2) is 41.5 Å². The van der Waals surface area contributed by atoms with Crippen molar-refractivity contribution in [1.29, 1.82) is 0 Å². The summed E-state index contributed by atoms with van der Waals surface area (Å²) in [4.78, 5) is 31.8. The molecule has 0 spiro atoms. The minimum Gasteiger partial charge on any atom is -0.467 e. The quantitative estimate of drug-likeness (QED) is 0.802. The van der Waals surface area contributed by atoms with Crippen molar-refractivity contribution >= 4 is 23.2 Å². The van der Waals surface area contributed by atoms with Crippen molar-refractivity contribution in [2.24, 2.45) is 0 Å². The lowest BCUT2D eigenvalue weighted by molar-refractivity contribution is -0.147. The molecular weight excluding hydrogens is 324 g/mol. The number of benzene rings is 1. The second-order valence-corrected chi connectivity index (χ2v) is 6.83. The molecule has 0 radical (unpaired) electrons. The van der Waals surface area contributed by atoms with Crippen LogP contribution in [0.4, 0.5) is 0 Å². The van der Waals surface area contributed by atoms with Gasteiger partial charge in [0.25, 0.3) is 5.91 Å². The number of carbonyl (C=O) groups is 2. The fourth-order valence-corrected chi connectivity index (χ4v) is 4.01. The number of hydrogen-bond donors (Lipinski definition) is 0. The molecule has 0 bridgehead atoms. The summed E-state index contributed by atoms with van der Waals surface area (Å²) in [6, 6.07) is 9.31. The molecule has 3 rings (SSSR count). The zero-order valence-corrected chi connectivity index (χ0v) is 14.6. The molecule has 1 fully saturated rings. The SMILES string of the molecule is COC(=O)C1CCCCN1C(=O)c1sc(-c2ccccc2)nc1C. The number of aromatic nitrogens is 1. The summed E-state index contributed by atoms with van der Waals surface area (Å²) in [5.41, 5.74) is 1.70. The van der Waals surface area contributed by atoms with E-state index in [0.717, 1.165) is 23.4 Å². The molecule has 1 unspecified atom stereocenters. The van der Waals surface area contributed by atoms with Crippen LogP contribution in [0.25, 0.3) is 10.6 Å². The molecular formula is C18H20N2O3S. The van der Waals surface area contributed by atoms with Crippen molar-refractivity contribution in [2.45, 2.75) is 32.2 Å². The summed E-state index contributed by atoms with van der Waals surface area (Å²) in [5.74, 6) is -0.462. The van der Waals surface area contributed by atoms with Crippen molar-refractivity contribution in [3.05, 3.63) is 40.9 Å². The van der Waals surface area contributed by atoms with Gasteiger partial charge in [-0.3, -0.25) is 4.79 Å². The third-order valence-corrected chi connectivity index (χ3v) is 5.44. The molecule has 0 saturated carbocycles. The molecule has 1 amide bonds. The summed E-state index contributed by atoms with van der Waals surface area (Å²) in [6.45, 7) is 2.42. The van der Waals surface area contributed by atoms with Gasteiger partial charge in [0, 0.05) is 12.1 Å². The van der Waals surface area contributed by atoms with Gasteiger partial charge >= 0.3 is 5.97 Å². The number of methoxy groups -OCH3 is 1. The van der Waals surface area contributed by atoms with Crippen molar-refractivity contribution < 1.29 is 14.3 Å². The Balaban J connectivity index is 1.89. The molecule has 126 valence electrons. The Hall–Kier alpha value is -2.21. The van der Waals surface area contributed by atoms with Crippen LogP contribution in [0, 0.1) is 6.92 Å². The Bertz CT molecular complexity index is 742. The van der Waals surface area contributed by atoms with Crippen LogP contribution in [0.1, 0.15) is 34.6 Å². The molecule has 2 aromatic rings. The third-order valence-electron chi connectivity index (χ3n) is 4.25. The molecule has 1 aromatic carbocycles. The lowest BCUT2D eigenvalue weighted by Gasteiger charge is -2.33. The van der Waals surface area contributed by atoms with Gasteiger partial charge < -0.3 is 9.64 Å². The molecule has 1 saturated heterocycles. The monoisotopic (exact) mass is 344 g/mol. The van der Waals surface area contributed by atoms with Crippen LogP contribution in [0.5, 0.6) is 0 Å². The highest BCUT2D eigenvalue weighted by Crippen LogP contribution is 2.30. The number of likely N-dealkylation sites (tertiary alicyclic amines) is 1. The molecule has 1 aliphatic heterocycles. The molecule has 1 aliphatic rings. The highest BCUT2D eigenvalue weighted by Gasteiger charge is 2.34. The third kappa shape index (κ3) is 3.19. The maximum Gasteiger partial charge on any atom is 0.328 e. The maximum atomic E-state index is 13.0. The molecule has 0 aliphatic carbocycles. The van der Waals surface area contributed by atoms with E-state index in [1.54, 1.807) is 4.90 Å². The van der Waals surface area contributed by atoms with Gasteiger partial charge in [-0.25, -0.2) is 9.78 Å².